The van der Waals surface area contributed by atoms with Gasteiger partial charge in [-0.1, -0.05) is 13.8 Å². The number of anilines is 2. The van der Waals surface area contributed by atoms with Crippen molar-refractivity contribution in [1.29, 1.82) is 0 Å². The Morgan fingerprint density at radius 1 is 1.29 bits per heavy atom. The molecule has 1 N–H and O–H groups in total. The van der Waals surface area contributed by atoms with E-state index in [1.807, 2.05) is 45.6 Å². The number of hydrogen-bond donors (Lipinski definition) is 1. The van der Waals surface area contributed by atoms with Crippen molar-refractivity contribution in [3.05, 3.63) is 23.8 Å². The molecule has 130 valence electrons. The molecule has 3 rings (SSSR count). The van der Waals surface area contributed by atoms with Crippen molar-refractivity contribution < 1.29 is 14.3 Å². The molecule has 0 saturated heterocycles. The fourth-order valence-electron chi connectivity index (χ4n) is 2.98. The number of carbonyl (C=O) groups is 2. The number of rotatable bonds is 3. The summed E-state index contributed by atoms with van der Waals surface area (Å²) in [6.45, 7) is 9.62. The van der Waals surface area contributed by atoms with Gasteiger partial charge in [-0.25, -0.2) is 4.79 Å². The second kappa shape index (κ2) is 5.80. The molecule has 0 aromatic heterocycles. The summed E-state index contributed by atoms with van der Waals surface area (Å²) >= 11 is 0. The Kier molecular flexibility index (Phi) is 4.06. The van der Waals surface area contributed by atoms with E-state index in [0.717, 1.165) is 24.2 Å². The number of fused-ring (bicyclic) bond motifs is 1. The van der Waals surface area contributed by atoms with Crippen LogP contribution in [0.25, 0.3) is 0 Å². The van der Waals surface area contributed by atoms with Crippen molar-refractivity contribution in [2.45, 2.75) is 65.1 Å². The maximum Gasteiger partial charge on any atom is 0.338 e. The lowest BCUT2D eigenvalue weighted by Gasteiger charge is -2.37. The summed E-state index contributed by atoms with van der Waals surface area (Å²) in [6.07, 6.45) is 2.09. The minimum absolute atomic E-state index is 0.130. The van der Waals surface area contributed by atoms with Crippen molar-refractivity contribution in [2.75, 3.05) is 10.2 Å². The van der Waals surface area contributed by atoms with Crippen molar-refractivity contribution >= 4 is 23.3 Å². The third-order valence-electron chi connectivity index (χ3n) is 4.28. The maximum absolute atomic E-state index is 12.8. The summed E-state index contributed by atoms with van der Waals surface area (Å²) in [5.41, 5.74) is 1.68. The second-order valence-electron chi connectivity index (χ2n) is 8.04. The fraction of sp³-hybridized carbons (Fsp3) is 0.579. The molecule has 1 saturated carbocycles. The zero-order valence-corrected chi connectivity index (χ0v) is 15.1. The van der Waals surface area contributed by atoms with Crippen LogP contribution in [0.2, 0.25) is 0 Å². The fourth-order valence-corrected chi connectivity index (χ4v) is 2.98. The van der Waals surface area contributed by atoms with Crippen LogP contribution in [-0.4, -0.2) is 29.6 Å². The molecule has 1 aliphatic heterocycles. The van der Waals surface area contributed by atoms with Crippen LogP contribution >= 0.6 is 0 Å². The number of esters is 1. The molecule has 1 atom stereocenters. The van der Waals surface area contributed by atoms with E-state index in [2.05, 4.69) is 5.32 Å². The summed E-state index contributed by atoms with van der Waals surface area (Å²) < 4.78 is 5.45. The van der Waals surface area contributed by atoms with E-state index >= 15 is 0 Å². The van der Waals surface area contributed by atoms with E-state index < -0.39 is 5.60 Å². The first-order valence-corrected chi connectivity index (χ1v) is 8.64. The molecule has 0 bridgehead atoms. The highest BCUT2D eigenvalue weighted by Gasteiger charge is 2.42. The van der Waals surface area contributed by atoms with Crippen LogP contribution in [0.5, 0.6) is 0 Å². The summed E-state index contributed by atoms with van der Waals surface area (Å²) in [6, 6.07) is 5.45. The summed E-state index contributed by atoms with van der Waals surface area (Å²) in [4.78, 5) is 27.0. The zero-order valence-electron chi connectivity index (χ0n) is 15.1. The molecule has 5 heteroatoms. The van der Waals surface area contributed by atoms with Crippen LogP contribution < -0.4 is 10.2 Å². The molecule has 1 fully saturated rings. The molecule has 0 spiro atoms. The summed E-state index contributed by atoms with van der Waals surface area (Å²) in [5, 5.41) is 3.32. The topological polar surface area (TPSA) is 58.6 Å². The number of benzene rings is 1. The van der Waals surface area contributed by atoms with Crippen molar-refractivity contribution in [3.8, 4) is 0 Å². The first-order chi connectivity index (χ1) is 11.2. The molecule has 1 amide bonds. The van der Waals surface area contributed by atoms with Crippen LogP contribution in [0.3, 0.4) is 0 Å². The number of amides is 1. The predicted molar refractivity (Wildman–Crippen MR) is 94.4 cm³/mol. The lowest BCUT2D eigenvalue weighted by Crippen LogP contribution is -2.50. The highest BCUT2D eigenvalue weighted by atomic mass is 16.6. The van der Waals surface area contributed by atoms with E-state index in [4.69, 9.17) is 4.74 Å². The van der Waals surface area contributed by atoms with Gasteiger partial charge in [-0.3, -0.25) is 4.79 Å². The molecule has 1 aliphatic carbocycles. The highest BCUT2D eigenvalue weighted by Crippen LogP contribution is 2.41. The third kappa shape index (κ3) is 3.25. The first kappa shape index (κ1) is 16.8. The molecular weight excluding hydrogens is 304 g/mol. The third-order valence-corrected chi connectivity index (χ3v) is 4.28. The van der Waals surface area contributed by atoms with Gasteiger partial charge < -0.3 is 15.0 Å². The SMILES string of the molecule is CC(C)C1Nc2cc(C(=O)OC(C)(C)C)ccc2N(C2CC2)C1=O. The van der Waals surface area contributed by atoms with Crippen LogP contribution in [0.15, 0.2) is 18.2 Å². The first-order valence-electron chi connectivity index (χ1n) is 8.64. The van der Waals surface area contributed by atoms with E-state index in [9.17, 15) is 9.59 Å². The van der Waals surface area contributed by atoms with Crippen molar-refractivity contribution in [3.63, 3.8) is 0 Å². The monoisotopic (exact) mass is 330 g/mol. The minimum atomic E-state index is -0.531. The van der Waals surface area contributed by atoms with E-state index in [1.165, 1.54) is 0 Å². The number of hydrogen-bond acceptors (Lipinski definition) is 4. The molecule has 1 heterocycles. The van der Waals surface area contributed by atoms with Crippen molar-refractivity contribution in [1.82, 2.24) is 0 Å². The molecule has 5 nitrogen and oxygen atoms in total. The Morgan fingerprint density at radius 2 is 1.96 bits per heavy atom. The minimum Gasteiger partial charge on any atom is -0.456 e. The molecule has 1 aromatic rings. The second-order valence-corrected chi connectivity index (χ2v) is 8.04. The maximum atomic E-state index is 12.8. The Balaban J connectivity index is 1.94. The number of ether oxygens (including phenoxy) is 1. The lowest BCUT2D eigenvalue weighted by molar-refractivity contribution is -0.120. The van der Waals surface area contributed by atoms with Crippen LogP contribution in [-0.2, 0) is 9.53 Å². The van der Waals surface area contributed by atoms with Gasteiger partial charge >= 0.3 is 5.97 Å². The number of nitrogens with zero attached hydrogens (tertiary/aromatic N) is 1. The Bertz CT molecular complexity index is 672. The van der Waals surface area contributed by atoms with Crippen LogP contribution in [0.1, 0.15) is 57.8 Å². The summed E-state index contributed by atoms with van der Waals surface area (Å²) in [7, 11) is 0. The average molecular weight is 330 g/mol. The van der Waals surface area contributed by atoms with Gasteiger partial charge in [-0.15, -0.1) is 0 Å². The van der Waals surface area contributed by atoms with E-state index in [1.54, 1.807) is 12.1 Å². The molecular formula is C19H26N2O3. The van der Waals surface area contributed by atoms with E-state index in [-0.39, 0.29) is 23.8 Å². The average Bonchev–Trinajstić information content (AvgIpc) is 3.28. The quantitative estimate of drug-likeness (QED) is 0.861. The normalized spacial score (nSPS) is 20.7. The van der Waals surface area contributed by atoms with Crippen LogP contribution in [0.4, 0.5) is 11.4 Å². The molecule has 2 aliphatic rings. The highest BCUT2D eigenvalue weighted by molar-refractivity contribution is 6.07. The molecule has 1 aromatic carbocycles. The smallest absolute Gasteiger partial charge is 0.338 e. The number of nitrogens with one attached hydrogen (secondary N) is 1. The van der Waals surface area contributed by atoms with Crippen molar-refractivity contribution in [2.24, 2.45) is 5.92 Å². The molecule has 24 heavy (non-hydrogen) atoms. The Morgan fingerprint density at radius 3 is 2.50 bits per heavy atom. The Labute approximate surface area is 143 Å². The van der Waals surface area contributed by atoms with Gasteiger partial charge in [0.1, 0.15) is 11.6 Å². The van der Waals surface area contributed by atoms with Gasteiger partial charge in [0, 0.05) is 6.04 Å². The zero-order chi connectivity index (χ0) is 17.6. The van der Waals surface area contributed by atoms with Gasteiger partial charge in [0.2, 0.25) is 5.91 Å². The van der Waals surface area contributed by atoms with E-state index in [0.29, 0.717) is 11.6 Å². The van der Waals surface area contributed by atoms with Gasteiger partial charge in [0.25, 0.3) is 0 Å². The predicted octanol–water partition coefficient (Wildman–Crippen LogP) is 3.59. The Hall–Kier alpha value is -2.04. The van der Waals surface area contributed by atoms with Gasteiger partial charge in [-0.2, -0.15) is 0 Å². The van der Waals surface area contributed by atoms with Gasteiger partial charge in [0.05, 0.1) is 16.9 Å². The standard InChI is InChI=1S/C19H26N2O3/c1-11(2)16-17(22)21(13-7-8-13)15-9-6-12(10-14(15)20-16)18(23)24-19(3,4)5/h6,9-11,13,16,20H,7-8H2,1-5H3. The number of carbonyl (C=O) groups excluding carboxylic acids is 2. The lowest BCUT2D eigenvalue weighted by atomic mass is 9.98. The van der Waals surface area contributed by atoms with Crippen LogP contribution in [0, 0.1) is 5.92 Å². The van der Waals surface area contributed by atoms with Gasteiger partial charge in [0.15, 0.2) is 0 Å². The molecule has 0 radical (unpaired) electrons. The van der Waals surface area contributed by atoms with Gasteiger partial charge in [-0.05, 0) is 57.7 Å². The summed E-state index contributed by atoms with van der Waals surface area (Å²) in [5.74, 6) is -0.0369. The largest absolute Gasteiger partial charge is 0.456 e. The molecule has 1 unspecified atom stereocenters.